The lowest BCUT2D eigenvalue weighted by Gasteiger charge is -2.27. The zero-order valence-corrected chi connectivity index (χ0v) is 19.1. The van der Waals surface area contributed by atoms with Crippen LogP contribution in [0.25, 0.3) is 6.08 Å². The topological polar surface area (TPSA) is 77.1 Å². The molecule has 1 saturated heterocycles. The van der Waals surface area contributed by atoms with Crippen LogP contribution < -0.4 is 14.8 Å². The highest BCUT2D eigenvalue weighted by Crippen LogP contribution is 2.37. The Bertz CT molecular complexity index is 1000. The Balaban J connectivity index is 1.74. The summed E-state index contributed by atoms with van der Waals surface area (Å²) in [4.78, 5) is 27.1. The van der Waals surface area contributed by atoms with Gasteiger partial charge in [-0.1, -0.05) is 23.7 Å². The van der Waals surface area contributed by atoms with E-state index in [1.165, 1.54) is 13.2 Å². The Labute approximate surface area is 192 Å². The fraction of sp³-hybridized carbons (Fsp3) is 0.333. The van der Waals surface area contributed by atoms with E-state index < -0.39 is 0 Å². The highest BCUT2D eigenvalue weighted by molar-refractivity contribution is 6.32. The number of ether oxygens (including phenoxy) is 3. The summed E-state index contributed by atoms with van der Waals surface area (Å²) in [5.41, 5.74) is 1.57. The predicted molar refractivity (Wildman–Crippen MR) is 125 cm³/mol. The largest absolute Gasteiger partial charge is 0.493 e. The quantitative estimate of drug-likeness (QED) is 0.627. The summed E-state index contributed by atoms with van der Waals surface area (Å²) < 4.78 is 16.4. The van der Waals surface area contributed by atoms with Crippen LogP contribution in [0.4, 0.5) is 5.69 Å². The molecule has 2 aromatic rings. The maximum absolute atomic E-state index is 12.9. The van der Waals surface area contributed by atoms with Gasteiger partial charge >= 0.3 is 0 Å². The third-order valence-corrected chi connectivity index (χ3v) is 5.03. The van der Waals surface area contributed by atoms with E-state index in [4.69, 9.17) is 25.8 Å². The average molecular weight is 459 g/mol. The van der Waals surface area contributed by atoms with E-state index >= 15 is 0 Å². The van der Waals surface area contributed by atoms with E-state index in [1.807, 2.05) is 13.8 Å². The van der Waals surface area contributed by atoms with Crippen LogP contribution in [-0.2, 0) is 9.53 Å². The molecule has 1 aliphatic rings. The van der Waals surface area contributed by atoms with Crippen LogP contribution in [0.15, 0.2) is 42.5 Å². The van der Waals surface area contributed by atoms with Crippen LogP contribution in [0.5, 0.6) is 11.5 Å². The molecule has 1 aliphatic heterocycles. The van der Waals surface area contributed by atoms with Crippen molar-refractivity contribution in [1.82, 2.24) is 4.90 Å². The summed E-state index contributed by atoms with van der Waals surface area (Å²) in [5.74, 6) is 0.435. The van der Waals surface area contributed by atoms with Crippen LogP contribution >= 0.6 is 11.6 Å². The second-order valence-corrected chi connectivity index (χ2v) is 7.88. The number of amides is 2. The molecule has 0 spiro atoms. The van der Waals surface area contributed by atoms with Crippen LogP contribution in [0.3, 0.4) is 0 Å². The third-order valence-electron chi connectivity index (χ3n) is 4.75. The molecule has 170 valence electrons. The Kier molecular flexibility index (Phi) is 8.14. The van der Waals surface area contributed by atoms with E-state index in [9.17, 15) is 9.59 Å². The van der Waals surface area contributed by atoms with Gasteiger partial charge in [0.1, 0.15) is 0 Å². The molecule has 2 aromatic carbocycles. The van der Waals surface area contributed by atoms with E-state index in [0.29, 0.717) is 59.6 Å². The Morgan fingerprint density at radius 1 is 1.19 bits per heavy atom. The molecule has 0 radical (unpaired) electrons. The van der Waals surface area contributed by atoms with Gasteiger partial charge in [0.05, 0.1) is 42.7 Å². The molecule has 0 aromatic heterocycles. The first-order valence-electron chi connectivity index (χ1n) is 10.4. The molecule has 2 amide bonds. The van der Waals surface area contributed by atoms with Crippen LogP contribution in [-0.4, -0.2) is 56.2 Å². The number of para-hydroxylation sites is 1. The second-order valence-electron chi connectivity index (χ2n) is 7.47. The van der Waals surface area contributed by atoms with Crippen molar-refractivity contribution in [2.24, 2.45) is 0 Å². The highest BCUT2D eigenvalue weighted by atomic mass is 35.5. The number of hydrogen-bond acceptors (Lipinski definition) is 5. The van der Waals surface area contributed by atoms with Crippen molar-refractivity contribution in [2.75, 3.05) is 38.7 Å². The van der Waals surface area contributed by atoms with Crippen LogP contribution in [0.1, 0.15) is 29.8 Å². The van der Waals surface area contributed by atoms with E-state index in [0.717, 1.165) is 0 Å². The zero-order chi connectivity index (χ0) is 23.1. The summed E-state index contributed by atoms with van der Waals surface area (Å²) in [5, 5.41) is 3.18. The van der Waals surface area contributed by atoms with Gasteiger partial charge in [-0.05, 0) is 49.8 Å². The lowest BCUT2D eigenvalue weighted by molar-refractivity contribution is -0.111. The van der Waals surface area contributed by atoms with Crippen molar-refractivity contribution in [3.05, 3.63) is 58.6 Å². The summed E-state index contributed by atoms with van der Waals surface area (Å²) in [6.45, 7) is 5.87. The number of morpholine rings is 1. The maximum Gasteiger partial charge on any atom is 0.256 e. The van der Waals surface area contributed by atoms with E-state index in [2.05, 4.69) is 5.32 Å². The minimum absolute atomic E-state index is 0.0613. The maximum atomic E-state index is 12.9. The van der Waals surface area contributed by atoms with Crippen molar-refractivity contribution >= 4 is 35.2 Å². The number of carbonyl (C=O) groups excluding carboxylic acids is 2. The van der Waals surface area contributed by atoms with Gasteiger partial charge in [-0.15, -0.1) is 0 Å². The Morgan fingerprint density at radius 3 is 2.59 bits per heavy atom. The third kappa shape index (κ3) is 6.02. The van der Waals surface area contributed by atoms with Gasteiger partial charge in [0.2, 0.25) is 5.91 Å². The van der Waals surface area contributed by atoms with Gasteiger partial charge in [0.25, 0.3) is 5.91 Å². The fourth-order valence-electron chi connectivity index (χ4n) is 3.25. The van der Waals surface area contributed by atoms with Gasteiger partial charge in [-0.2, -0.15) is 0 Å². The van der Waals surface area contributed by atoms with E-state index in [1.54, 1.807) is 47.4 Å². The number of nitrogens with one attached hydrogen (secondary N) is 1. The number of benzene rings is 2. The summed E-state index contributed by atoms with van der Waals surface area (Å²) in [7, 11) is 1.53. The van der Waals surface area contributed by atoms with Gasteiger partial charge in [0.15, 0.2) is 11.5 Å². The first-order valence-corrected chi connectivity index (χ1v) is 10.8. The lowest BCUT2D eigenvalue weighted by Crippen LogP contribution is -2.41. The van der Waals surface area contributed by atoms with Crippen molar-refractivity contribution in [3.8, 4) is 11.5 Å². The van der Waals surface area contributed by atoms with Crippen LogP contribution in [0, 0.1) is 0 Å². The van der Waals surface area contributed by atoms with Gasteiger partial charge in [-0.25, -0.2) is 0 Å². The molecule has 0 bridgehead atoms. The van der Waals surface area contributed by atoms with Crippen LogP contribution in [0.2, 0.25) is 5.02 Å². The van der Waals surface area contributed by atoms with Gasteiger partial charge < -0.3 is 24.4 Å². The Hall–Kier alpha value is -3.03. The normalized spacial score (nSPS) is 14.0. The summed E-state index contributed by atoms with van der Waals surface area (Å²) in [6, 6.07) is 10.4. The van der Waals surface area contributed by atoms with E-state index in [-0.39, 0.29) is 17.9 Å². The van der Waals surface area contributed by atoms with Crippen molar-refractivity contribution < 1.29 is 23.8 Å². The number of anilines is 1. The lowest BCUT2D eigenvalue weighted by atomic mass is 10.1. The fourth-order valence-corrected chi connectivity index (χ4v) is 3.51. The standard InChI is InChI=1S/C24H27ClN2O5/c1-16(2)32-23-19(25)14-17(15-21(23)30-3)8-9-22(28)26-20-7-5-4-6-18(20)24(29)27-10-12-31-13-11-27/h4-9,14-16H,10-13H2,1-3H3,(H,26,28)/b9-8+. The molecule has 8 heteroatoms. The number of carbonyl (C=O) groups is 2. The Morgan fingerprint density at radius 2 is 1.91 bits per heavy atom. The molecule has 1 heterocycles. The smallest absolute Gasteiger partial charge is 0.256 e. The molecular weight excluding hydrogens is 432 g/mol. The minimum Gasteiger partial charge on any atom is -0.493 e. The molecular formula is C24H27ClN2O5. The number of halogens is 1. The minimum atomic E-state index is -0.371. The molecule has 1 N–H and O–H groups in total. The molecule has 0 atom stereocenters. The monoisotopic (exact) mass is 458 g/mol. The first kappa shape index (κ1) is 23.6. The highest BCUT2D eigenvalue weighted by Gasteiger charge is 2.21. The molecule has 7 nitrogen and oxygen atoms in total. The molecule has 0 unspecified atom stereocenters. The number of nitrogens with zero attached hydrogens (tertiary/aromatic N) is 1. The first-order chi connectivity index (χ1) is 15.4. The number of hydrogen-bond donors (Lipinski definition) is 1. The molecule has 3 rings (SSSR count). The molecule has 1 fully saturated rings. The SMILES string of the molecule is COc1cc(/C=C/C(=O)Nc2ccccc2C(=O)N2CCOCC2)cc(Cl)c1OC(C)C. The second kappa shape index (κ2) is 11.0. The average Bonchev–Trinajstić information content (AvgIpc) is 2.79. The molecule has 0 saturated carbocycles. The van der Waals surface area contributed by atoms with Gasteiger partial charge in [0, 0.05) is 19.2 Å². The van der Waals surface area contributed by atoms with Crippen molar-refractivity contribution in [2.45, 2.75) is 20.0 Å². The van der Waals surface area contributed by atoms with Crippen molar-refractivity contribution in [3.63, 3.8) is 0 Å². The summed E-state index contributed by atoms with van der Waals surface area (Å²) >= 11 is 6.34. The zero-order valence-electron chi connectivity index (χ0n) is 18.4. The predicted octanol–water partition coefficient (Wildman–Crippen LogP) is 4.26. The molecule has 32 heavy (non-hydrogen) atoms. The van der Waals surface area contributed by atoms with Gasteiger partial charge in [-0.3, -0.25) is 9.59 Å². The number of methoxy groups -OCH3 is 1. The molecule has 0 aliphatic carbocycles. The summed E-state index contributed by atoms with van der Waals surface area (Å²) in [6.07, 6.45) is 2.94. The van der Waals surface area contributed by atoms with Crippen molar-refractivity contribution in [1.29, 1.82) is 0 Å². The number of rotatable bonds is 7.